The van der Waals surface area contributed by atoms with Crippen LogP contribution >= 0.6 is 0 Å². The number of hydrogen-bond donors (Lipinski definition) is 1. The van der Waals surface area contributed by atoms with E-state index in [0.717, 1.165) is 0 Å². The molecule has 0 aliphatic heterocycles. The predicted molar refractivity (Wildman–Crippen MR) is 48.0 cm³/mol. The number of nitrogens with zero attached hydrogens (tertiary/aromatic N) is 1. The van der Waals surface area contributed by atoms with Gasteiger partial charge < -0.3 is 9.67 Å². The van der Waals surface area contributed by atoms with Crippen molar-refractivity contribution < 1.29 is 14.7 Å². The van der Waals surface area contributed by atoms with Gasteiger partial charge in [-0.2, -0.15) is 0 Å². The topological polar surface area (TPSA) is 76.4 Å². The summed E-state index contributed by atoms with van der Waals surface area (Å²) in [5.74, 6) is -2.41. The number of aliphatic carboxylic acids is 1. The number of ketones is 1. The first-order valence-electron chi connectivity index (χ1n) is 3.93. The molecule has 0 unspecified atom stereocenters. The Bertz CT molecular complexity index is 433. The molecule has 0 atom stereocenters. The fraction of sp³-hybridized carbons (Fsp3) is 0.222. The number of Topliss-reactive ketones (excluding diaryl/α,β-unsaturated/α-hetero) is 1. The minimum absolute atomic E-state index is 0.262. The van der Waals surface area contributed by atoms with Gasteiger partial charge in [0.15, 0.2) is 0 Å². The smallest absolute Gasteiger partial charge is 0.372 e. The van der Waals surface area contributed by atoms with E-state index in [1.54, 1.807) is 6.07 Å². The van der Waals surface area contributed by atoms with E-state index in [1.807, 2.05) is 0 Å². The van der Waals surface area contributed by atoms with Gasteiger partial charge in [-0.15, -0.1) is 0 Å². The van der Waals surface area contributed by atoms with E-state index >= 15 is 0 Å². The van der Waals surface area contributed by atoms with Gasteiger partial charge in [0, 0.05) is 18.8 Å². The summed E-state index contributed by atoms with van der Waals surface area (Å²) in [5, 5.41) is 8.37. The highest BCUT2D eigenvalue weighted by Gasteiger charge is 2.13. The highest BCUT2D eigenvalue weighted by molar-refractivity contribution is 6.33. The molecule has 0 aliphatic carbocycles. The van der Waals surface area contributed by atoms with Crippen LogP contribution in [0.3, 0.4) is 0 Å². The number of carbonyl (C=O) groups is 2. The Kier molecular flexibility index (Phi) is 2.81. The van der Waals surface area contributed by atoms with Crippen LogP contribution in [0.1, 0.15) is 5.69 Å². The standard InChI is InChI=1S/C9H9NO4/c1-10-6(3-2-4-8(10)12)5-7(11)9(13)14/h2-4H,5H2,1H3,(H,13,14). The van der Waals surface area contributed by atoms with Crippen molar-refractivity contribution in [1.82, 2.24) is 4.57 Å². The monoisotopic (exact) mass is 195 g/mol. The van der Waals surface area contributed by atoms with E-state index in [2.05, 4.69) is 0 Å². The van der Waals surface area contributed by atoms with Crippen molar-refractivity contribution in [2.75, 3.05) is 0 Å². The fourth-order valence-corrected chi connectivity index (χ4v) is 1.02. The van der Waals surface area contributed by atoms with Crippen LogP contribution in [0.4, 0.5) is 0 Å². The third-order valence-corrected chi connectivity index (χ3v) is 1.87. The maximum Gasteiger partial charge on any atom is 0.372 e. The second-order valence-corrected chi connectivity index (χ2v) is 2.82. The maximum atomic E-state index is 11.1. The van der Waals surface area contributed by atoms with Crippen molar-refractivity contribution in [3.8, 4) is 0 Å². The SMILES string of the molecule is Cn1c(CC(=O)C(=O)O)cccc1=O. The third-order valence-electron chi connectivity index (χ3n) is 1.87. The summed E-state index contributed by atoms with van der Waals surface area (Å²) < 4.78 is 1.25. The molecule has 5 heteroatoms. The van der Waals surface area contributed by atoms with Crippen LogP contribution in [0, 0.1) is 0 Å². The number of carboxylic acids is 1. The average molecular weight is 195 g/mol. The van der Waals surface area contributed by atoms with Gasteiger partial charge >= 0.3 is 5.97 Å². The van der Waals surface area contributed by atoms with Gasteiger partial charge in [-0.25, -0.2) is 4.79 Å². The van der Waals surface area contributed by atoms with Crippen molar-refractivity contribution >= 4 is 11.8 Å². The molecule has 0 saturated carbocycles. The molecule has 1 aromatic rings. The summed E-state index contributed by atoms with van der Waals surface area (Å²) in [6.45, 7) is 0. The Balaban J connectivity index is 2.98. The number of carbonyl (C=O) groups excluding carboxylic acids is 1. The summed E-state index contributed by atoms with van der Waals surface area (Å²) in [6, 6.07) is 4.38. The van der Waals surface area contributed by atoms with Crippen LogP contribution in [-0.2, 0) is 23.1 Å². The Morgan fingerprint density at radius 3 is 2.64 bits per heavy atom. The van der Waals surface area contributed by atoms with Gasteiger partial charge in [0.05, 0.1) is 6.42 Å². The Hall–Kier alpha value is -1.91. The normalized spacial score (nSPS) is 9.79. The lowest BCUT2D eigenvalue weighted by Gasteiger charge is -2.04. The van der Waals surface area contributed by atoms with E-state index in [9.17, 15) is 14.4 Å². The van der Waals surface area contributed by atoms with Gasteiger partial charge in [-0.05, 0) is 6.07 Å². The van der Waals surface area contributed by atoms with Gasteiger partial charge in [-0.1, -0.05) is 6.07 Å². The van der Waals surface area contributed by atoms with E-state index < -0.39 is 11.8 Å². The first-order valence-corrected chi connectivity index (χ1v) is 3.93. The average Bonchev–Trinajstić information content (AvgIpc) is 2.12. The number of pyridine rings is 1. The highest BCUT2D eigenvalue weighted by atomic mass is 16.4. The molecule has 0 aromatic carbocycles. The Morgan fingerprint density at radius 1 is 1.43 bits per heavy atom. The number of aromatic nitrogens is 1. The summed E-state index contributed by atoms with van der Waals surface area (Å²) in [6.07, 6.45) is -0.262. The van der Waals surface area contributed by atoms with Crippen molar-refractivity contribution in [1.29, 1.82) is 0 Å². The second-order valence-electron chi connectivity index (χ2n) is 2.82. The molecule has 0 fully saturated rings. The van der Waals surface area contributed by atoms with Crippen LogP contribution in [-0.4, -0.2) is 21.4 Å². The minimum Gasteiger partial charge on any atom is -0.475 e. The molecule has 0 radical (unpaired) electrons. The van der Waals surface area contributed by atoms with Crippen LogP contribution in [0.2, 0.25) is 0 Å². The fourth-order valence-electron chi connectivity index (χ4n) is 1.02. The molecule has 0 aliphatic rings. The molecule has 0 spiro atoms. The molecule has 1 heterocycles. The molecule has 0 bridgehead atoms. The Morgan fingerprint density at radius 2 is 2.07 bits per heavy atom. The summed E-state index contributed by atoms with van der Waals surface area (Å²) in [7, 11) is 1.49. The van der Waals surface area contributed by atoms with Gasteiger partial charge in [0.2, 0.25) is 11.3 Å². The molecule has 74 valence electrons. The Labute approximate surface area is 79.6 Å². The molecule has 14 heavy (non-hydrogen) atoms. The molecule has 1 rings (SSSR count). The second kappa shape index (κ2) is 3.87. The van der Waals surface area contributed by atoms with E-state index in [4.69, 9.17) is 5.11 Å². The van der Waals surface area contributed by atoms with Crippen LogP contribution < -0.4 is 5.56 Å². The zero-order valence-corrected chi connectivity index (χ0v) is 7.56. The third kappa shape index (κ3) is 2.07. The van der Waals surface area contributed by atoms with Crippen LogP contribution in [0.5, 0.6) is 0 Å². The number of carboxylic acid groups (broad SMARTS) is 1. The van der Waals surface area contributed by atoms with Gasteiger partial charge in [-0.3, -0.25) is 9.59 Å². The zero-order chi connectivity index (χ0) is 10.7. The van der Waals surface area contributed by atoms with Crippen molar-refractivity contribution in [2.24, 2.45) is 7.05 Å². The molecule has 0 amide bonds. The largest absolute Gasteiger partial charge is 0.475 e. The van der Waals surface area contributed by atoms with Crippen LogP contribution in [0.15, 0.2) is 23.0 Å². The lowest BCUT2D eigenvalue weighted by atomic mass is 10.2. The van der Waals surface area contributed by atoms with Crippen LogP contribution in [0.25, 0.3) is 0 Å². The lowest BCUT2D eigenvalue weighted by Crippen LogP contribution is -2.23. The van der Waals surface area contributed by atoms with Crippen molar-refractivity contribution in [2.45, 2.75) is 6.42 Å². The first-order chi connectivity index (χ1) is 6.52. The molecular weight excluding hydrogens is 186 g/mol. The summed E-state index contributed by atoms with van der Waals surface area (Å²) in [4.78, 5) is 32.2. The molecule has 1 aromatic heterocycles. The highest BCUT2D eigenvalue weighted by Crippen LogP contribution is 1.96. The predicted octanol–water partition coefficient (Wildman–Crippen LogP) is -0.419. The van der Waals surface area contributed by atoms with Gasteiger partial charge in [0.1, 0.15) is 0 Å². The van der Waals surface area contributed by atoms with E-state index in [1.165, 1.54) is 23.7 Å². The van der Waals surface area contributed by atoms with E-state index in [0.29, 0.717) is 5.69 Å². The zero-order valence-electron chi connectivity index (χ0n) is 7.56. The van der Waals surface area contributed by atoms with Crippen molar-refractivity contribution in [3.63, 3.8) is 0 Å². The quantitative estimate of drug-likeness (QED) is 0.664. The van der Waals surface area contributed by atoms with E-state index in [-0.39, 0.29) is 12.0 Å². The first kappa shape index (κ1) is 10.2. The maximum absolute atomic E-state index is 11.1. The number of hydrogen-bond acceptors (Lipinski definition) is 3. The lowest BCUT2D eigenvalue weighted by molar-refractivity contribution is -0.148. The summed E-state index contributed by atoms with van der Waals surface area (Å²) >= 11 is 0. The minimum atomic E-state index is -1.48. The van der Waals surface area contributed by atoms with Gasteiger partial charge in [0.25, 0.3) is 0 Å². The van der Waals surface area contributed by atoms with Crippen molar-refractivity contribution in [3.05, 3.63) is 34.2 Å². The summed E-state index contributed by atoms with van der Waals surface area (Å²) in [5.41, 5.74) is 0.130. The molecule has 5 nitrogen and oxygen atoms in total. The molecule has 1 N–H and O–H groups in total. The molecular formula is C9H9NO4. The number of rotatable bonds is 3. The molecule has 0 saturated heterocycles.